The summed E-state index contributed by atoms with van der Waals surface area (Å²) in [7, 11) is 0. The number of rotatable bonds is 8. The van der Waals surface area contributed by atoms with Gasteiger partial charge in [0.1, 0.15) is 6.10 Å². The first-order chi connectivity index (χ1) is 24.2. The number of carbonyl (C=O) groups is 3. The number of ether oxygens (including phenoxy) is 3. The van der Waals surface area contributed by atoms with Gasteiger partial charge in [0, 0.05) is 17.0 Å². The van der Waals surface area contributed by atoms with Crippen molar-refractivity contribution in [2.24, 2.45) is 45.3 Å². The fourth-order valence-corrected chi connectivity index (χ4v) is 11.7. The van der Waals surface area contributed by atoms with Gasteiger partial charge in [-0.25, -0.2) is 4.79 Å². The molecule has 1 unspecified atom stereocenters. The van der Waals surface area contributed by atoms with Crippen LogP contribution in [0.4, 0.5) is 0 Å². The molecule has 0 heterocycles. The topological polar surface area (TPSA) is 119 Å². The van der Waals surface area contributed by atoms with Gasteiger partial charge in [0.15, 0.2) is 0 Å². The molecule has 0 bridgehead atoms. The van der Waals surface area contributed by atoms with E-state index < -0.39 is 47.7 Å². The molecule has 288 valence electrons. The highest BCUT2D eigenvalue weighted by Crippen LogP contribution is 2.74. The third-order valence-corrected chi connectivity index (χ3v) is 14.5. The number of aliphatic hydroxyl groups is 2. The van der Waals surface area contributed by atoms with Crippen LogP contribution >= 0.6 is 15.9 Å². The molecule has 1 aromatic rings. The lowest BCUT2D eigenvalue weighted by Gasteiger charge is -2.69. The van der Waals surface area contributed by atoms with Crippen LogP contribution in [0.25, 0.3) is 5.57 Å². The number of fused-ring (bicyclic) bond motifs is 5. The maximum absolute atomic E-state index is 14.4. The predicted molar refractivity (Wildman–Crippen MR) is 204 cm³/mol. The smallest absolute Gasteiger partial charge is 0.336 e. The third kappa shape index (κ3) is 7.32. The minimum atomic E-state index is -0.766. The van der Waals surface area contributed by atoms with Crippen LogP contribution in [0.5, 0.6) is 0 Å². The number of hydrogen-bond donors (Lipinski definition) is 2. The van der Waals surface area contributed by atoms with Crippen LogP contribution in [-0.4, -0.2) is 53.2 Å². The van der Waals surface area contributed by atoms with E-state index in [0.717, 1.165) is 52.4 Å². The molecule has 4 aliphatic rings. The highest BCUT2D eigenvalue weighted by Gasteiger charge is 2.71. The van der Waals surface area contributed by atoms with Crippen LogP contribution in [0.15, 0.2) is 45.5 Å². The average molecular weight is 786 g/mol. The molecule has 4 fully saturated rings. The van der Waals surface area contributed by atoms with E-state index in [9.17, 15) is 24.6 Å². The van der Waals surface area contributed by atoms with Gasteiger partial charge < -0.3 is 24.4 Å². The van der Waals surface area contributed by atoms with Crippen molar-refractivity contribution in [1.82, 2.24) is 0 Å². The average Bonchev–Trinajstić information content (AvgIpc) is 3.31. The Morgan fingerprint density at radius 3 is 2.25 bits per heavy atom. The summed E-state index contributed by atoms with van der Waals surface area (Å²) in [6, 6.07) is 8.08. The van der Waals surface area contributed by atoms with Gasteiger partial charge in [-0.3, -0.25) is 9.59 Å². The van der Waals surface area contributed by atoms with Gasteiger partial charge in [-0.1, -0.05) is 61.3 Å². The van der Waals surface area contributed by atoms with Crippen molar-refractivity contribution < 1.29 is 38.8 Å². The lowest BCUT2D eigenvalue weighted by atomic mass is 9.36. The molecule has 0 radical (unpaired) electrons. The van der Waals surface area contributed by atoms with E-state index in [0.29, 0.717) is 37.2 Å². The summed E-state index contributed by atoms with van der Waals surface area (Å²) in [6.45, 7) is 19.3. The minimum absolute atomic E-state index is 0.0201. The first-order valence-corrected chi connectivity index (χ1v) is 20.0. The summed E-state index contributed by atoms with van der Waals surface area (Å²) in [6.07, 6.45) is 3.51. The largest absolute Gasteiger partial charge is 0.458 e. The van der Waals surface area contributed by atoms with E-state index in [1.807, 2.05) is 12.1 Å². The Labute approximate surface area is 319 Å². The number of allylic oxidation sites excluding steroid dienone is 2. The molecule has 8 nitrogen and oxygen atoms in total. The predicted octanol–water partition coefficient (Wildman–Crippen LogP) is 8.96. The fraction of sp³-hybridized carbons (Fsp3) is 0.698. The number of hydrogen-bond acceptors (Lipinski definition) is 8. The van der Waals surface area contributed by atoms with Gasteiger partial charge in [0.25, 0.3) is 0 Å². The summed E-state index contributed by atoms with van der Waals surface area (Å²) < 4.78 is 18.2. The molecule has 52 heavy (non-hydrogen) atoms. The first kappa shape index (κ1) is 40.7. The highest BCUT2D eigenvalue weighted by molar-refractivity contribution is 9.10. The van der Waals surface area contributed by atoms with Gasteiger partial charge in [0.05, 0.1) is 17.6 Å². The summed E-state index contributed by atoms with van der Waals surface area (Å²) in [5.74, 6) is -1.33. The zero-order chi connectivity index (χ0) is 38.6. The van der Waals surface area contributed by atoms with E-state index >= 15 is 0 Å². The quantitative estimate of drug-likeness (QED) is 0.152. The summed E-state index contributed by atoms with van der Waals surface area (Å²) in [4.78, 5) is 39.7. The van der Waals surface area contributed by atoms with Crippen LogP contribution in [0, 0.1) is 45.3 Å². The molecule has 0 amide bonds. The lowest BCUT2D eigenvalue weighted by Crippen LogP contribution is -2.65. The molecule has 0 spiro atoms. The van der Waals surface area contributed by atoms with Crippen LogP contribution in [0.1, 0.15) is 126 Å². The SMILES string of the molecule is CC(=O)O[C@H]1C[C@@]2(C)[C@H](C[C@@H](O)[C@@H]3[C@@]4(C)CC[C@@H](O)[C@@H](C)C4CC[C@@]32C)C1=C(CCC(=C(C)C)c1cccc(Br)c1)C(=O)OCOC(=O)C(C)(C)C. The van der Waals surface area contributed by atoms with Gasteiger partial charge >= 0.3 is 17.9 Å². The second-order valence-corrected chi connectivity index (χ2v) is 19.2. The molecule has 0 aliphatic heterocycles. The summed E-state index contributed by atoms with van der Waals surface area (Å²) in [5.41, 5.74) is 2.72. The molecule has 4 aliphatic carbocycles. The molecule has 0 aromatic heterocycles. The van der Waals surface area contributed by atoms with Crippen molar-refractivity contribution in [2.45, 2.75) is 139 Å². The van der Waals surface area contributed by atoms with Crippen molar-refractivity contribution in [3.05, 3.63) is 51.0 Å². The maximum Gasteiger partial charge on any atom is 0.336 e. The Bertz CT molecular complexity index is 1620. The molecule has 1 aromatic carbocycles. The number of esters is 3. The molecule has 2 N–H and O–H groups in total. The van der Waals surface area contributed by atoms with Gasteiger partial charge in [0.2, 0.25) is 6.79 Å². The van der Waals surface area contributed by atoms with E-state index in [1.54, 1.807) is 20.8 Å². The molecule has 10 atom stereocenters. The normalized spacial score (nSPS) is 36.4. The van der Waals surface area contributed by atoms with Crippen molar-refractivity contribution >= 4 is 39.4 Å². The molecular formula is C43H61BrO8. The third-order valence-electron chi connectivity index (χ3n) is 14.0. The Morgan fingerprint density at radius 2 is 1.63 bits per heavy atom. The van der Waals surface area contributed by atoms with E-state index in [2.05, 4.69) is 69.6 Å². The fourth-order valence-electron chi connectivity index (χ4n) is 11.3. The second kappa shape index (κ2) is 15.0. The van der Waals surface area contributed by atoms with Crippen molar-refractivity contribution in [2.75, 3.05) is 6.79 Å². The van der Waals surface area contributed by atoms with E-state index in [1.165, 1.54) is 6.92 Å². The Hall–Kier alpha value is -2.49. The standard InChI is InChI=1S/C43H61BrO8/c1-24(2)29(27-12-11-13-28(44)20-27)14-15-30(38(48)50-23-51-39(49)40(5,6)7)36-32-21-34(47)37-41(8)18-17-33(46)25(3)31(41)16-19-42(37,9)43(32,10)22-35(36)52-26(4)45/h11-13,20,25,31-35,37,46-47H,14-19,21-23H2,1-10H3/t25-,31?,32+,33+,34+,35-,37+,41-,42-,43-/m0/s1. The van der Waals surface area contributed by atoms with E-state index in [-0.39, 0.29) is 34.7 Å². The summed E-state index contributed by atoms with van der Waals surface area (Å²) >= 11 is 3.60. The number of carbonyl (C=O) groups excluding carboxylic acids is 3. The molecule has 4 saturated carbocycles. The highest BCUT2D eigenvalue weighted by atomic mass is 79.9. The number of halogens is 1. The zero-order valence-electron chi connectivity index (χ0n) is 32.9. The number of aliphatic hydroxyl groups excluding tert-OH is 2. The lowest BCUT2D eigenvalue weighted by molar-refractivity contribution is -0.234. The van der Waals surface area contributed by atoms with Gasteiger partial charge in [-0.15, -0.1) is 0 Å². The Kier molecular flexibility index (Phi) is 11.7. The molecular weight excluding hydrogens is 724 g/mol. The maximum atomic E-state index is 14.4. The van der Waals surface area contributed by atoms with Crippen LogP contribution in [0.3, 0.4) is 0 Å². The van der Waals surface area contributed by atoms with Crippen molar-refractivity contribution in [3.63, 3.8) is 0 Å². The van der Waals surface area contributed by atoms with Gasteiger partial charge in [-0.2, -0.15) is 0 Å². The van der Waals surface area contributed by atoms with Crippen LogP contribution < -0.4 is 0 Å². The molecule has 9 heteroatoms. The Balaban J connectivity index is 1.60. The van der Waals surface area contributed by atoms with Crippen molar-refractivity contribution in [3.8, 4) is 0 Å². The van der Waals surface area contributed by atoms with Crippen LogP contribution in [0.2, 0.25) is 0 Å². The van der Waals surface area contributed by atoms with Gasteiger partial charge in [-0.05, 0) is 155 Å². The second-order valence-electron chi connectivity index (χ2n) is 18.2. The summed E-state index contributed by atoms with van der Waals surface area (Å²) in [5, 5.41) is 23.2. The first-order valence-electron chi connectivity index (χ1n) is 19.2. The number of benzene rings is 1. The van der Waals surface area contributed by atoms with Crippen molar-refractivity contribution in [1.29, 1.82) is 0 Å². The van der Waals surface area contributed by atoms with Crippen LogP contribution in [-0.2, 0) is 28.6 Å². The van der Waals surface area contributed by atoms with E-state index in [4.69, 9.17) is 14.2 Å². The molecule has 0 saturated heterocycles. The monoisotopic (exact) mass is 784 g/mol. The minimum Gasteiger partial charge on any atom is -0.458 e. The zero-order valence-corrected chi connectivity index (χ0v) is 34.5. The Morgan fingerprint density at radius 1 is 0.942 bits per heavy atom. The molecule has 5 rings (SSSR count).